The first kappa shape index (κ1) is 19.6. The minimum absolute atomic E-state index is 0.0776. The number of aliphatic carboxylic acids is 1. The van der Waals surface area contributed by atoms with E-state index in [9.17, 15) is 14.7 Å². The summed E-state index contributed by atoms with van der Waals surface area (Å²) >= 11 is 6.09. The topological polar surface area (TPSA) is 66.8 Å². The molecule has 1 atom stereocenters. The minimum Gasteiger partial charge on any atom is -0.480 e. The smallest absolute Gasteiger partial charge is 0.410 e. The van der Waals surface area contributed by atoms with Gasteiger partial charge in [0, 0.05) is 17.4 Å². The summed E-state index contributed by atoms with van der Waals surface area (Å²) in [4.78, 5) is 26.1. The van der Waals surface area contributed by atoms with Crippen molar-refractivity contribution < 1.29 is 19.4 Å². The molecule has 6 heteroatoms. The Kier molecular flexibility index (Phi) is 4.91. The molecule has 0 aromatic heterocycles. The van der Waals surface area contributed by atoms with Crippen LogP contribution in [-0.4, -0.2) is 34.7 Å². The molecule has 0 radical (unpaired) electrons. The van der Waals surface area contributed by atoms with Gasteiger partial charge in [0.1, 0.15) is 12.6 Å². The van der Waals surface area contributed by atoms with E-state index in [-0.39, 0.29) is 25.5 Å². The van der Waals surface area contributed by atoms with Crippen molar-refractivity contribution in [3.63, 3.8) is 0 Å². The van der Waals surface area contributed by atoms with Crippen molar-refractivity contribution in [2.24, 2.45) is 0 Å². The number of ether oxygens (including phenoxy) is 1. The Balaban J connectivity index is 1.38. The first-order chi connectivity index (χ1) is 15.0. The Morgan fingerprint density at radius 3 is 2.26 bits per heavy atom. The summed E-state index contributed by atoms with van der Waals surface area (Å²) in [6.07, 6.45) is -0.397. The molecule has 1 aliphatic heterocycles. The molecule has 3 aromatic carbocycles. The molecule has 0 bridgehead atoms. The molecular formula is C25H20ClNO4. The van der Waals surface area contributed by atoms with Gasteiger partial charge < -0.3 is 9.84 Å². The minimum atomic E-state index is -1.05. The number of hydrogen-bond acceptors (Lipinski definition) is 3. The zero-order chi connectivity index (χ0) is 21.5. The molecular weight excluding hydrogens is 414 g/mol. The van der Waals surface area contributed by atoms with E-state index >= 15 is 0 Å². The van der Waals surface area contributed by atoms with Crippen LogP contribution in [0, 0.1) is 0 Å². The largest absolute Gasteiger partial charge is 0.480 e. The normalized spacial score (nSPS) is 16.9. The first-order valence-corrected chi connectivity index (χ1v) is 10.5. The number of halogens is 1. The monoisotopic (exact) mass is 433 g/mol. The molecule has 1 heterocycles. The van der Waals surface area contributed by atoms with Crippen LogP contribution in [0.15, 0.2) is 66.7 Å². The number of carbonyl (C=O) groups is 2. The van der Waals surface area contributed by atoms with Gasteiger partial charge >= 0.3 is 12.1 Å². The van der Waals surface area contributed by atoms with E-state index in [0.29, 0.717) is 5.02 Å². The van der Waals surface area contributed by atoms with Gasteiger partial charge in [-0.05, 0) is 45.5 Å². The van der Waals surface area contributed by atoms with Crippen LogP contribution in [0.5, 0.6) is 0 Å². The molecule has 2 aliphatic rings. The van der Waals surface area contributed by atoms with Gasteiger partial charge in [-0.15, -0.1) is 0 Å². The summed E-state index contributed by atoms with van der Waals surface area (Å²) in [5.41, 5.74) is 6.25. The summed E-state index contributed by atoms with van der Waals surface area (Å²) in [6, 6.07) is 20.6. The van der Waals surface area contributed by atoms with Crippen molar-refractivity contribution in [3.8, 4) is 11.1 Å². The zero-order valence-electron chi connectivity index (χ0n) is 16.6. The first-order valence-electron chi connectivity index (χ1n) is 10.1. The predicted octanol–water partition coefficient (Wildman–Crippen LogP) is 5.10. The number of carboxylic acids is 1. The van der Waals surface area contributed by atoms with Gasteiger partial charge in [0.05, 0.1) is 6.54 Å². The third-order valence-electron chi connectivity index (χ3n) is 6.15. The molecule has 5 nitrogen and oxygen atoms in total. The highest BCUT2D eigenvalue weighted by atomic mass is 35.5. The number of rotatable bonds is 3. The summed E-state index contributed by atoms with van der Waals surface area (Å²) < 4.78 is 5.70. The second kappa shape index (κ2) is 7.75. The maximum atomic E-state index is 13.0. The lowest BCUT2D eigenvalue weighted by molar-refractivity contribution is -0.143. The predicted molar refractivity (Wildman–Crippen MR) is 117 cm³/mol. The molecule has 5 rings (SSSR count). The number of carboxylic acid groups (broad SMARTS) is 1. The van der Waals surface area contributed by atoms with Gasteiger partial charge in [0.15, 0.2) is 0 Å². The highest BCUT2D eigenvalue weighted by Gasteiger charge is 2.37. The zero-order valence-corrected chi connectivity index (χ0v) is 17.4. The van der Waals surface area contributed by atoms with E-state index in [2.05, 4.69) is 12.1 Å². The van der Waals surface area contributed by atoms with Crippen molar-refractivity contribution in [2.45, 2.75) is 24.9 Å². The van der Waals surface area contributed by atoms with Crippen LogP contribution >= 0.6 is 11.6 Å². The standard InChI is InChI=1S/C25H20ClNO4/c26-17-10-9-15-12-23(24(28)29)27(13-16(15)11-17)25(30)31-14-22-20-7-3-1-5-18(20)19-6-2-4-8-21(19)22/h1-11,22-23H,12-14H2,(H,28,29)/t23-/m0/s1. The van der Waals surface area contributed by atoms with Gasteiger partial charge in [0.2, 0.25) is 0 Å². The highest BCUT2D eigenvalue weighted by Crippen LogP contribution is 2.44. The number of amides is 1. The van der Waals surface area contributed by atoms with Gasteiger partial charge in [-0.2, -0.15) is 0 Å². The van der Waals surface area contributed by atoms with E-state index in [1.165, 1.54) is 4.90 Å². The summed E-state index contributed by atoms with van der Waals surface area (Å²) in [5, 5.41) is 10.3. The molecule has 0 fully saturated rings. The molecule has 0 saturated carbocycles. The molecule has 156 valence electrons. The van der Waals surface area contributed by atoms with Crippen molar-refractivity contribution in [3.05, 3.63) is 94.0 Å². The molecule has 31 heavy (non-hydrogen) atoms. The second-order valence-electron chi connectivity index (χ2n) is 7.90. The second-order valence-corrected chi connectivity index (χ2v) is 8.34. The van der Waals surface area contributed by atoms with Gasteiger partial charge in [-0.25, -0.2) is 9.59 Å². The lowest BCUT2D eigenvalue weighted by Crippen LogP contribution is -2.49. The van der Waals surface area contributed by atoms with E-state index in [1.54, 1.807) is 12.1 Å². The van der Waals surface area contributed by atoms with E-state index in [0.717, 1.165) is 33.4 Å². The van der Waals surface area contributed by atoms with Gasteiger partial charge in [0.25, 0.3) is 0 Å². The van der Waals surface area contributed by atoms with Crippen LogP contribution in [-0.2, 0) is 22.5 Å². The molecule has 1 amide bonds. The average molecular weight is 434 g/mol. The number of fused-ring (bicyclic) bond motifs is 4. The Hall–Kier alpha value is -3.31. The highest BCUT2D eigenvalue weighted by molar-refractivity contribution is 6.30. The van der Waals surface area contributed by atoms with Crippen LogP contribution < -0.4 is 0 Å². The lowest BCUT2D eigenvalue weighted by Gasteiger charge is -2.34. The molecule has 1 N–H and O–H groups in total. The van der Waals surface area contributed by atoms with E-state index in [1.807, 2.05) is 42.5 Å². The van der Waals surface area contributed by atoms with Crippen LogP contribution in [0.2, 0.25) is 5.02 Å². The summed E-state index contributed by atoms with van der Waals surface area (Å²) in [7, 11) is 0. The Labute approximate surface area is 184 Å². The van der Waals surface area contributed by atoms with Crippen LogP contribution in [0.4, 0.5) is 4.79 Å². The number of benzene rings is 3. The van der Waals surface area contributed by atoms with Gasteiger partial charge in [-0.1, -0.05) is 66.2 Å². The number of hydrogen-bond donors (Lipinski definition) is 1. The molecule has 3 aromatic rings. The Morgan fingerprint density at radius 1 is 0.968 bits per heavy atom. The number of nitrogens with zero attached hydrogens (tertiary/aromatic N) is 1. The van der Waals surface area contributed by atoms with E-state index < -0.39 is 18.1 Å². The van der Waals surface area contributed by atoms with Crippen LogP contribution in [0.1, 0.15) is 28.2 Å². The Morgan fingerprint density at radius 2 is 1.61 bits per heavy atom. The van der Waals surface area contributed by atoms with E-state index in [4.69, 9.17) is 16.3 Å². The fourth-order valence-corrected chi connectivity index (χ4v) is 4.84. The number of carbonyl (C=O) groups excluding carboxylic acids is 1. The summed E-state index contributed by atoms with van der Waals surface area (Å²) in [5.74, 6) is -1.12. The van der Waals surface area contributed by atoms with Crippen molar-refractivity contribution in [1.82, 2.24) is 4.90 Å². The summed E-state index contributed by atoms with van der Waals surface area (Å²) in [6.45, 7) is 0.307. The maximum absolute atomic E-state index is 13.0. The molecule has 0 saturated heterocycles. The van der Waals surface area contributed by atoms with Crippen LogP contribution in [0.25, 0.3) is 11.1 Å². The SMILES string of the molecule is O=C(O)[C@@H]1Cc2ccc(Cl)cc2CN1C(=O)OCC1c2ccccc2-c2ccccc21. The maximum Gasteiger partial charge on any atom is 0.410 e. The molecule has 1 aliphatic carbocycles. The lowest BCUT2D eigenvalue weighted by atomic mass is 9.94. The molecule has 0 spiro atoms. The third kappa shape index (κ3) is 3.45. The quantitative estimate of drug-likeness (QED) is 0.624. The van der Waals surface area contributed by atoms with Crippen molar-refractivity contribution >= 4 is 23.7 Å². The average Bonchev–Trinajstić information content (AvgIpc) is 3.10. The van der Waals surface area contributed by atoms with Gasteiger partial charge in [-0.3, -0.25) is 4.90 Å². The van der Waals surface area contributed by atoms with Crippen LogP contribution in [0.3, 0.4) is 0 Å². The fourth-order valence-electron chi connectivity index (χ4n) is 4.64. The third-order valence-corrected chi connectivity index (χ3v) is 6.39. The Bertz CT molecular complexity index is 1150. The fraction of sp³-hybridized carbons (Fsp3) is 0.200. The molecule has 0 unspecified atom stereocenters. The van der Waals surface area contributed by atoms with Crippen molar-refractivity contribution in [2.75, 3.05) is 6.61 Å². The van der Waals surface area contributed by atoms with Crippen molar-refractivity contribution in [1.29, 1.82) is 0 Å².